The third-order valence-electron chi connectivity index (χ3n) is 3.91. The first-order chi connectivity index (χ1) is 11.1. The Morgan fingerprint density at radius 2 is 1.96 bits per heavy atom. The Labute approximate surface area is 138 Å². The maximum absolute atomic E-state index is 12.5. The van der Waals surface area contributed by atoms with Crippen molar-refractivity contribution in [3.63, 3.8) is 0 Å². The highest BCUT2D eigenvalue weighted by Gasteiger charge is 2.23. The minimum Gasteiger partial charge on any atom is -0.491 e. The van der Waals surface area contributed by atoms with Crippen LogP contribution in [0.1, 0.15) is 37.0 Å². The summed E-state index contributed by atoms with van der Waals surface area (Å²) in [5, 5.41) is 0. The van der Waals surface area contributed by atoms with E-state index in [1.807, 2.05) is 43.0 Å². The quantitative estimate of drug-likeness (QED) is 0.598. The van der Waals surface area contributed by atoms with Gasteiger partial charge < -0.3 is 14.4 Å². The predicted molar refractivity (Wildman–Crippen MR) is 90.5 cm³/mol. The van der Waals surface area contributed by atoms with E-state index in [2.05, 4.69) is 5.92 Å². The number of likely N-dealkylation sites (tertiary alicyclic amines) is 1. The highest BCUT2D eigenvalue weighted by atomic mass is 16.5. The van der Waals surface area contributed by atoms with Crippen LogP contribution in [-0.4, -0.2) is 43.2 Å². The molecule has 0 N–H and O–H groups in total. The number of amides is 1. The fourth-order valence-electron chi connectivity index (χ4n) is 2.72. The van der Waals surface area contributed by atoms with Gasteiger partial charge >= 0.3 is 0 Å². The number of carbonyl (C=O) groups is 1. The van der Waals surface area contributed by atoms with Gasteiger partial charge in [-0.3, -0.25) is 4.79 Å². The molecule has 4 heteroatoms. The number of benzene rings is 1. The number of carbonyl (C=O) groups excluding carboxylic acids is 1. The van der Waals surface area contributed by atoms with Crippen molar-refractivity contribution in [1.29, 1.82) is 0 Å². The van der Waals surface area contributed by atoms with Gasteiger partial charge in [0, 0.05) is 18.7 Å². The first-order valence-corrected chi connectivity index (χ1v) is 8.17. The van der Waals surface area contributed by atoms with Crippen molar-refractivity contribution in [2.75, 3.05) is 26.3 Å². The molecule has 4 nitrogen and oxygen atoms in total. The first kappa shape index (κ1) is 17.4. The van der Waals surface area contributed by atoms with Crippen LogP contribution in [0.15, 0.2) is 24.3 Å². The van der Waals surface area contributed by atoms with Crippen molar-refractivity contribution in [3.8, 4) is 18.1 Å². The molecule has 0 atom stereocenters. The summed E-state index contributed by atoms with van der Waals surface area (Å²) in [5.74, 6) is 3.85. The second-order valence-corrected chi connectivity index (χ2v) is 6.15. The molecule has 0 spiro atoms. The van der Waals surface area contributed by atoms with Crippen LogP contribution in [0.25, 0.3) is 0 Å². The minimum absolute atomic E-state index is 0.0871. The van der Waals surface area contributed by atoms with Crippen molar-refractivity contribution in [3.05, 3.63) is 29.8 Å². The van der Waals surface area contributed by atoms with Gasteiger partial charge in [0.05, 0.1) is 12.7 Å². The fraction of sp³-hybridized carbons (Fsp3) is 0.526. The second kappa shape index (κ2) is 8.59. The summed E-state index contributed by atoms with van der Waals surface area (Å²) in [5.41, 5.74) is 0.711. The molecule has 1 heterocycles. The van der Waals surface area contributed by atoms with Crippen LogP contribution in [0.2, 0.25) is 0 Å². The van der Waals surface area contributed by atoms with Gasteiger partial charge in [-0.05, 0) is 56.9 Å². The van der Waals surface area contributed by atoms with Crippen LogP contribution < -0.4 is 4.74 Å². The van der Waals surface area contributed by atoms with Gasteiger partial charge in [0.2, 0.25) is 0 Å². The van der Waals surface area contributed by atoms with Gasteiger partial charge in [0.15, 0.2) is 0 Å². The Morgan fingerprint density at radius 3 is 2.52 bits per heavy atom. The summed E-state index contributed by atoms with van der Waals surface area (Å²) in [6, 6.07) is 7.38. The van der Waals surface area contributed by atoms with E-state index in [9.17, 15) is 4.79 Å². The Hall–Kier alpha value is -1.99. The monoisotopic (exact) mass is 315 g/mol. The van der Waals surface area contributed by atoms with E-state index in [0.717, 1.165) is 31.7 Å². The Morgan fingerprint density at radius 1 is 1.30 bits per heavy atom. The van der Waals surface area contributed by atoms with Gasteiger partial charge in [-0.1, -0.05) is 5.92 Å². The Kier molecular flexibility index (Phi) is 6.49. The van der Waals surface area contributed by atoms with Crippen LogP contribution in [0.5, 0.6) is 5.75 Å². The normalized spacial score (nSPS) is 15.5. The summed E-state index contributed by atoms with van der Waals surface area (Å²) >= 11 is 0. The number of nitrogens with zero attached hydrogens (tertiary/aromatic N) is 1. The second-order valence-electron chi connectivity index (χ2n) is 6.15. The summed E-state index contributed by atoms with van der Waals surface area (Å²) in [7, 11) is 0. The molecule has 1 saturated heterocycles. The first-order valence-electron chi connectivity index (χ1n) is 8.17. The van der Waals surface area contributed by atoms with Gasteiger partial charge in [-0.2, -0.15) is 0 Å². The van der Waals surface area contributed by atoms with E-state index in [1.54, 1.807) is 0 Å². The molecule has 2 rings (SSSR count). The molecule has 1 aliphatic rings. The highest BCUT2D eigenvalue weighted by molar-refractivity contribution is 5.94. The van der Waals surface area contributed by atoms with Gasteiger partial charge in [0.25, 0.3) is 5.91 Å². The van der Waals surface area contributed by atoms with Crippen LogP contribution in [-0.2, 0) is 4.74 Å². The molecule has 124 valence electrons. The van der Waals surface area contributed by atoms with Gasteiger partial charge in [-0.15, -0.1) is 6.42 Å². The molecule has 0 aliphatic carbocycles. The van der Waals surface area contributed by atoms with Gasteiger partial charge in [0.1, 0.15) is 12.4 Å². The summed E-state index contributed by atoms with van der Waals surface area (Å²) in [6.45, 7) is 6.56. The molecule has 1 fully saturated rings. The maximum atomic E-state index is 12.5. The van der Waals surface area contributed by atoms with Crippen LogP contribution in [0, 0.1) is 18.3 Å². The molecule has 1 aliphatic heterocycles. The molecular formula is C19H25NO3. The lowest BCUT2D eigenvalue weighted by atomic mass is 9.97. The van der Waals surface area contributed by atoms with Crippen LogP contribution in [0.4, 0.5) is 0 Å². The number of hydrogen-bond acceptors (Lipinski definition) is 3. The standard InChI is InChI=1S/C19H25NO3/c1-4-13-22-14-16-9-11-20(12-10-16)19(21)17-5-7-18(8-6-17)23-15(2)3/h1,5-8,15-16H,9-14H2,2-3H3. The van der Waals surface area contributed by atoms with Crippen molar-refractivity contribution >= 4 is 5.91 Å². The number of ether oxygens (including phenoxy) is 2. The molecule has 0 unspecified atom stereocenters. The largest absolute Gasteiger partial charge is 0.491 e. The molecule has 0 saturated carbocycles. The number of hydrogen-bond donors (Lipinski definition) is 0. The van der Waals surface area contributed by atoms with Crippen molar-refractivity contribution in [2.45, 2.75) is 32.8 Å². The molecule has 0 bridgehead atoms. The van der Waals surface area contributed by atoms with Crippen molar-refractivity contribution in [2.24, 2.45) is 5.92 Å². The maximum Gasteiger partial charge on any atom is 0.253 e. The highest BCUT2D eigenvalue weighted by Crippen LogP contribution is 2.21. The molecule has 1 aromatic carbocycles. The van der Waals surface area contributed by atoms with Gasteiger partial charge in [-0.25, -0.2) is 0 Å². The average molecular weight is 315 g/mol. The van der Waals surface area contributed by atoms with E-state index >= 15 is 0 Å². The van der Waals surface area contributed by atoms with Crippen molar-refractivity contribution < 1.29 is 14.3 Å². The number of rotatable bonds is 6. The Bertz CT molecular complexity index is 537. The Balaban J connectivity index is 1.83. The number of piperidine rings is 1. The zero-order valence-corrected chi connectivity index (χ0v) is 14.0. The summed E-state index contributed by atoms with van der Waals surface area (Å²) < 4.78 is 11.0. The summed E-state index contributed by atoms with van der Waals surface area (Å²) in [6.07, 6.45) is 7.23. The van der Waals surface area contributed by atoms with Crippen LogP contribution in [0.3, 0.4) is 0 Å². The van der Waals surface area contributed by atoms with E-state index < -0.39 is 0 Å². The zero-order valence-electron chi connectivity index (χ0n) is 14.0. The average Bonchev–Trinajstić information content (AvgIpc) is 2.55. The third-order valence-corrected chi connectivity index (χ3v) is 3.91. The SMILES string of the molecule is C#CCOCC1CCN(C(=O)c2ccc(OC(C)C)cc2)CC1. The molecule has 23 heavy (non-hydrogen) atoms. The van der Waals surface area contributed by atoms with Crippen LogP contribution >= 0.6 is 0 Å². The molecule has 0 aromatic heterocycles. The molecule has 0 radical (unpaired) electrons. The summed E-state index contributed by atoms with van der Waals surface area (Å²) in [4.78, 5) is 14.4. The predicted octanol–water partition coefficient (Wildman–Crippen LogP) is 2.98. The lowest BCUT2D eigenvalue weighted by Crippen LogP contribution is -2.39. The van der Waals surface area contributed by atoms with E-state index in [1.165, 1.54) is 0 Å². The molecule has 1 amide bonds. The van der Waals surface area contributed by atoms with Crippen molar-refractivity contribution in [1.82, 2.24) is 4.90 Å². The number of terminal acetylenes is 1. The zero-order chi connectivity index (χ0) is 16.7. The smallest absolute Gasteiger partial charge is 0.253 e. The van der Waals surface area contributed by atoms with E-state index in [-0.39, 0.29) is 12.0 Å². The molecule has 1 aromatic rings. The lowest BCUT2D eigenvalue weighted by Gasteiger charge is -2.31. The molecular weight excluding hydrogens is 290 g/mol. The lowest BCUT2D eigenvalue weighted by molar-refractivity contribution is 0.0582. The van der Waals surface area contributed by atoms with E-state index in [4.69, 9.17) is 15.9 Å². The fourth-order valence-corrected chi connectivity index (χ4v) is 2.72. The van der Waals surface area contributed by atoms with E-state index in [0.29, 0.717) is 24.7 Å². The third kappa shape index (κ3) is 5.30. The topological polar surface area (TPSA) is 38.8 Å². The minimum atomic E-state index is 0.0871.